The second-order valence-electron chi connectivity index (χ2n) is 6.90. The van der Waals surface area contributed by atoms with Crippen LogP contribution >= 0.6 is 15.9 Å². The third kappa shape index (κ3) is 3.71. The maximum Gasteiger partial charge on any atom is 0.336 e. The number of benzene rings is 3. The van der Waals surface area contributed by atoms with Crippen molar-refractivity contribution in [3.8, 4) is 5.75 Å². The van der Waals surface area contributed by atoms with Gasteiger partial charge in [-0.05, 0) is 35.2 Å². The minimum atomic E-state index is -0.382. The molecule has 148 valence electrons. The molecule has 0 aliphatic rings. The predicted molar refractivity (Wildman–Crippen MR) is 118 cm³/mol. The molecule has 0 unspecified atom stereocenters. The van der Waals surface area contributed by atoms with Gasteiger partial charge in [-0.2, -0.15) is 0 Å². The Hall–Kier alpha value is -3.45. The van der Waals surface area contributed by atoms with Crippen LogP contribution in [-0.4, -0.2) is 15.0 Å². The number of ether oxygens (including phenoxy) is 1. The summed E-state index contributed by atoms with van der Waals surface area (Å²) in [7, 11) is 0. The first kappa shape index (κ1) is 18.6. The first-order valence-electron chi connectivity index (χ1n) is 9.37. The van der Waals surface area contributed by atoms with Crippen LogP contribution in [0.25, 0.3) is 21.7 Å². The number of halogens is 1. The summed E-state index contributed by atoms with van der Waals surface area (Å²) in [6, 6.07) is 21.0. The van der Waals surface area contributed by atoms with Crippen molar-refractivity contribution in [2.24, 2.45) is 0 Å². The summed E-state index contributed by atoms with van der Waals surface area (Å²) < 4.78 is 14.0. The molecule has 0 N–H and O–H groups in total. The average molecular weight is 462 g/mol. The van der Waals surface area contributed by atoms with E-state index < -0.39 is 0 Å². The lowest BCUT2D eigenvalue weighted by Gasteiger charge is -2.07. The van der Waals surface area contributed by atoms with Crippen LogP contribution in [0, 0.1) is 0 Å². The summed E-state index contributed by atoms with van der Waals surface area (Å²) in [5.74, 6) is 0.756. The zero-order valence-corrected chi connectivity index (χ0v) is 17.4. The summed E-state index contributed by atoms with van der Waals surface area (Å²) >= 11 is 3.40. The Balaban J connectivity index is 1.41. The molecule has 0 bridgehead atoms. The van der Waals surface area contributed by atoms with Gasteiger partial charge in [-0.3, -0.25) is 0 Å². The van der Waals surface area contributed by atoms with E-state index in [4.69, 9.17) is 9.15 Å². The molecule has 5 aromatic rings. The average Bonchev–Trinajstić information content (AvgIpc) is 3.20. The molecule has 0 atom stereocenters. The van der Waals surface area contributed by atoms with E-state index in [1.807, 2.05) is 66.9 Å². The summed E-state index contributed by atoms with van der Waals surface area (Å²) in [6.07, 6.45) is 1.82. The van der Waals surface area contributed by atoms with E-state index in [0.29, 0.717) is 24.4 Å². The van der Waals surface area contributed by atoms with Crippen LogP contribution in [0.2, 0.25) is 0 Å². The maximum absolute atomic E-state index is 12.2. The monoisotopic (exact) mass is 461 g/mol. The van der Waals surface area contributed by atoms with Crippen molar-refractivity contribution in [3.05, 3.63) is 99.1 Å². The molecule has 2 aromatic heterocycles. The van der Waals surface area contributed by atoms with Crippen LogP contribution in [0.3, 0.4) is 0 Å². The Labute approximate surface area is 179 Å². The van der Waals surface area contributed by atoms with Crippen LogP contribution in [0.15, 0.2) is 86.6 Å². The van der Waals surface area contributed by atoms with E-state index >= 15 is 0 Å². The zero-order chi connectivity index (χ0) is 20.5. The molecule has 0 aliphatic heterocycles. The molecule has 0 amide bonds. The number of hydrogen-bond donors (Lipinski definition) is 0. The molecular weight excluding hydrogens is 446 g/mol. The zero-order valence-electron chi connectivity index (χ0n) is 15.8. The number of hydrogen-bond acceptors (Lipinski definition) is 5. The minimum Gasteiger partial charge on any atom is -0.487 e. The van der Waals surface area contributed by atoms with Crippen LogP contribution in [0.5, 0.6) is 5.75 Å². The van der Waals surface area contributed by atoms with Gasteiger partial charge in [-0.15, -0.1) is 5.10 Å². The Morgan fingerprint density at radius 1 is 1.00 bits per heavy atom. The molecule has 0 spiro atoms. The Kier molecular flexibility index (Phi) is 4.80. The molecule has 0 fully saturated rings. The van der Waals surface area contributed by atoms with E-state index in [9.17, 15) is 4.79 Å². The van der Waals surface area contributed by atoms with E-state index in [2.05, 4.69) is 26.2 Å². The lowest BCUT2D eigenvalue weighted by Crippen LogP contribution is -2.06. The number of aromatic nitrogens is 3. The van der Waals surface area contributed by atoms with Gasteiger partial charge in [0.25, 0.3) is 0 Å². The molecule has 30 heavy (non-hydrogen) atoms. The quantitative estimate of drug-likeness (QED) is 0.274. The SMILES string of the molecule is O=c1cc(Cn2cc(COc3ccc(Br)cc3)nn2)c2ccc3ccccc3c2o1. The van der Waals surface area contributed by atoms with Crippen molar-refractivity contribution in [2.75, 3.05) is 0 Å². The first-order valence-corrected chi connectivity index (χ1v) is 10.2. The fourth-order valence-corrected chi connectivity index (χ4v) is 3.70. The van der Waals surface area contributed by atoms with E-state index in [-0.39, 0.29) is 5.63 Å². The van der Waals surface area contributed by atoms with Crippen molar-refractivity contribution < 1.29 is 9.15 Å². The topological polar surface area (TPSA) is 70.2 Å². The lowest BCUT2D eigenvalue weighted by molar-refractivity contribution is 0.301. The summed E-state index contributed by atoms with van der Waals surface area (Å²) in [5.41, 5.74) is 1.75. The second-order valence-corrected chi connectivity index (χ2v) is 7.82. The largest absolute Gasteiger partial charge is 0.487 e. The van der Waals surface area contributed by atoms with E-state index in [0.717, 1.165) is 31.9 Å². The van der Waals surface area contributed by atoms with Crippen molar-refractivity contribution in [3.63, 3.8) is 0 Å². The van der Waals surface area contributed by atoms with E-state index in [1.165, 1.54) is 6.07 Å². The molecule has 6 nitrogen and oxygen atoms in total. The highest BCUT2D eigenvalue weighted by molar-refractivity contribution is 9.10. The van der Waals surface area contributed by atoms with Crippen LogP contribution in [-0.2, 0) is 13.2 Å². The minimum absolute atomic E-state index is 0.309. The predicted octanol–water partition coefficient (Wildman–Crippen LogP) is 4.93. The Morgan fingerprint density at radius 3 is 2.70 bits per heavy atom. The number of rotatable bonds is 5. The molecule has 7 heteroatoms. The van der Waals surface area contributed by atoms with Crippen LogP contribution < -0.4 is 10.4 Å². The highest BCUT2D eigenvalue weighted by Crippen LogP contribution is 2.26. The number of nitrogens with zero attached hydrogens (tertiary/aromatic N) is 3. The summed E-state index contributed by atoms with van der Waals surface area (Å²) in [6.45, 7) is 0.718. The van der Waals surface area contributed by atoms with Gasteiger partial charge in [0, 0.05) is 21.3 Å². The molecule has 3 aromatic carbocycles. The van der Waals surface area contributed by atoms with Gasteiger partial charge in [0.05, 0.1) is 12.7 Å². The molecule has 0 saturated heterocycles. The number of fused-ring (bicyclic) bond motifs is 3. The third-order valence-corrected chi connectivity index (χ3v) is 5.37. The van der Waals surface area contributed by atoms with Crippen molar-refractivity contribution in [1.29, 1.82) is 0 Å². The van der Waals surface area contributed by atoms with Crippen molar-refractivity contribution >= 4 is 37.7 Å². The molecular formula is C23H16BrN3O3. The van der Waals surface area contributed by atoms with Gasteiger partial charge in [-0.25, -0.2) is 9.48 Å². The van der Waals surface area contributed by atoms with Gasteiger partial charge in [0.15, 0.2) is 0 Å². The molecule has 0 radical (unpaired) electrons. The van der Waals surface area contributed by atoms with Crippen LogP contribution in [0.1, 0.15) is 11.3 Å². The summed E-state index contributed by atoms with van der Waals surface area (Å²) in [5, 5.41) is 11.2. The van der Waals surface area contributed by atoms with Crippen LogP contribution in [0.4, 0.5) is 0 Å². The van der Waals surface area contributed by atoms with Crippen molar-refractivity contribution in [1.82, 2.24) is 15.0 Å². The highest BCUT2D eigenvalue weighted by atomic mass is 79.9. The van der Waals surface area contributed by atoms with Gasteiger partial charge < -0.3 is 9.15 Å². The van der Waals surface area contributed by atoms with Gasteiger partial charge in [0.1, 0.15) is 23.6 Å². The van der Waals surface area contributed by atoms with Crippen molar-refractivity contribution in [2.45, 2.75) is 13.2 Å². The molecule has 2 heterocycles. The fraction of sp³-hybridized carbons (Fsp3) is 0.0870. The normalized spacial score (nSPS) is 11.2. The molecule has 5 rings (SSSR count). The van der Waals surface area contributed by atoms with Gasteiger partial charge in [0.2, 0.25) is 0 Å². The van der Waals surface area contributed by atoms with Gasteiger partial charge in [-0.1, -0.05) is 57.5 Å². The van der Waals surface area contributed by atoms with E-state index in [1.54, 1.807) is 4.68 Å². The maximum atomic E-state index is 12.2. The lowest BCUT2D eigenvalue weighted by atomic mass is 10.0. The standard InChI is InChI=1S/C23H16BrN3O3/c24-17-6-8-19(9-7-17)29-14-18-13-27(26-25-18)12-16-11-22(28)30-23-20-4-2-1-3-15(20)5-10-21(16)23/h1-11,13H,12,14H2. The highest BCUT2D eigenvalue weighted by Gasteiger charge is 2.11. The Morgan fingerprint density at radius 2 is 1.83 bits per heavy atom. The summed E-state index contributed by atoms with van der Waals surface area (Å²) in [4.78, 5) is 12.2. The third-order valence-electron chi connectivity index (χ3n) is 4.84. The first-order chi connectivity index (χ1) is 14.7. The second kappa shape index (κ2) is 7.76. The van der Waals surface area contributed by atoms with Gasteiger partial charge >= 0.3 is 5.63 Å². The smallest absolute Gasteiger partial charge is 0.336 e. The Bertz CT molecular complexity index is 1410. The fourth-order valence-electron chi connectivity index (χ4n) is 3.43. The molecule has 0 saturated carbocycles. The molecule has 0 aliphatic carbocycles.